The summed E-state index contributed by atoms with van der Waals surface area (Å²) in [6.07, 6.45) is 0. The number of rotatable bonds is 3. The van der Waals surface area contributed by atoms with E-state index < -0.39 is 0 Å². The van der Waals surface area contributed by atoms with E-state index in [1.807, 2.05) is 36.4 Å². The monoisotopic (exact) mass is 726 g/mol. The average molecular weight is 727 g/mol. The maximum atomic E-state index is 6.27. The Morgan fingerprint density at radius 1 is 0.386 bits per heavy atom. The summed E-state index contributed by atoms with van der Waals surface area (Å²) in [6.45, 7) is 0. The number of fused-ring (bicyclic) bond motifs is 13. The Kier molecular flexibility index (Phi) is 6.10. The fraction of sp³-hybridized carbons (Fsp3) is 0. The van der Waals surface area contributed by atoms with E-state index in [0.29, 0.717) is 5.82 Å². The number of ether oxygens (including phenoxy) is 1. The molecule has 0 amide bonds. The van der Waals surface area contributed by atoms with Crippen LogP contribution in [0.5, 0.6) is 11.5 Å². The van der Waals surface area contributed by atoms with Gasteiger partial charge in [-0.25, -0.2) is 9.97 Å². The quantitative estimate of drug-likeness (QED) is 0.170. The summed E-state index contributed by atoms with van der Waals surface area (Å²) in [5.74, 6) is 2.28. The predicted molar refractivity (Wildman–Crippen MR) is 234 cm³/mol. The SMILES string of the molecule is c1ccc(-n2c3ccccc3c3c4c(ccc5c4ccc4c5c5ccccc5n4-c4cccc(-c5nc6c7c(cccc7n5)Oc5ccccc5-6)c4)ccc32)cc1. The van der Waals surface area contributed by atoms with Crippen LogP contribution in [0.4, 0.5) is 0 Å². The minimum atomic E-state index is 0.685. The van der Waals surface area contributed by atoms with E-state index >= 15 is 0 Å². The first-order chi connectivity index (χ1) is 28.3. The standard InChI is InChI=1S/C52H30N4O/c1-2-13-33(14-3-1)55-42-21-8-5-17-38(42)49-44(55)28-25-31-24-26-36-35(47(31)49)27-29-43-48(36)37-16-4-7-20-41(37)56(43)34-15-10-12-32(30-34)52-53-40-19-11-23-46-50(40)51(54-52)39-18-6-9-22-45(39)57-46/h1-30H. The molecule has 0 bridgehead atoms. The second kappa shape index (κ2) is 11.4. The molecule has 5 nitrogen and oxygen atoms in total. The van der Waals surface area contributed by atoms with Crippen LogP contribution in [0.1, 0.15) is 0 Å². The Labute approximate surface area is 326 Å². The third-order valence-corrected chi connectivity index (χ3v) is 11.9. The van der Waals surface area contributed by atoms with Crippen LogP contribution >= 0.6 is 0 Å². The van der Waals surface area contributed by atoms with Crippen molar-refractivity contribution in [3.8, 4) is 45.5 Å². The molecular formula is C52H30N4O. The normalized spacial score (nSPS) is 12.4. The lowest BCUT2D eigenvalue weighted by Crippen LogP contribution is -2.02. The third kappa shape index (κ3) is 4.23. The van der Waals surface area contributed by atoms with Crippen molar-refractivity contribution in [3.05, 3.63) is 182 Å². The second-order valence-corrected chi connectivity index (χ2v) is 14.9. The van der Waals surface area contributed by atoms with E-state index in [2.05, 4.69) is 155 Å². The number of hydrogen-bond donors (Lipinski definition) is 0. The molecule has 0 spiro atoms. The van der Waals surface area contributed by atoms with Crippen LogP contribution in [0.2, 0.25) is 0 Å². The molecule has 0 radical (unpaired) electrons. The Hall–Kier alpha value is -7.76. The molecule has 0 unspecified atom stereocenters. The minimum Gasteiger partial charge on any atom is -0.456 e. The Morgan fingerprint density at radius 2 is 1.02 bits per heavy atom. The molecule has 0 atom stereocenters. The molecule has 9 aromatic carbocycles. The van der Waals surface area contributed by atoms with E-state index in [9.17, 15) is 0 Å². The summed E-state index contributed by atoms with van der Waals surface area (Å²) in [7, 11) is 0. The number of aromatic nitrogens is 4. The van der Waals surface area contributed by atoms with Crippen molar-refractivity contribution in [1.82, 2.24) is 19.1 Å². The number of nitrogens with zero attached hydrogens (tertiary/aromatic N) is 4. The summed E-state index contributed by atoms with van der Waals surface area (Å²) in [4.78, 5) is 10.3. The summed E-state index contributed by atoms with van der Waals surface area (Å²) in [5, 5.41) is 11.0. The highest BCUT2D eigenvalue weighted by molar-refractivity contribution is 6.32. The van der Waals surface area contributed by atoms with Crippen molar-refractivity contribution >= 4 is 76.1 Å². The summed E-state index contributed by atoms with van der Waals surface area (Å²) in [5.41, 5.74) is 10.6. The van der Waals surface area contributed by atoms with E-state index in [1.54, 1.807) is 0 Å². The van der Waals surface area contributed by atoms with Crippen LogP contribution in [0, 0.1) is 0 Å². The summed E-state index contributed by atoms with van der Waals surface area (Å²) in [6, 6.07) is 64.9. The maximum Gasteiger partial charge on any atom is 0.160 e. The van der Waals surface area contributed by atoms with E-state index in [1.165, 1.54) is 54.1 Å². The Bertz CT molecular complexity index is 3670. The molecule has 0 saturated carbocycles. The Balaban J connectivity index is 1.06. The van der Waals surface area contributed by atoms with Gasteiger partial charge in [0.1, 0.15) is 11.5 Å². The Morgan fingerprint density at radius 3 is 1.89 bits per heavy atom. The third-order valence-electron chi connectivity index (χ3n) is 11.9. The largest absolute Gasteiger partial charge is 0.456 e. The molecule has 3 aromatic heterocycles. The highest BCUT2D eigenvalue weighted by atomic mass is 16.5. The van der Waals surface area contributed by atoms with Gasteiger partial charge in [0, 0.05) is 44.0 Å². The van der Waals surface area contributed by atoms with Gasteiger partial charge in [0.2, 0.25) is 0 Å². The topological polar surface area (TPSA) is 44.9 Å². The number of benzene rings is 9. The molecule has 0 N–H and O–H groups in total. The highest BCUT2D eigenvalue weighted by Gasteiger charge is 2.24. The molecule has 4 heterocycles. The number of para-hydroxylation sites is 4. The minimum absolute atomic E-state index is 0.685. The fourth-order valence-corrected chi connectivity index (χ4v) is 9.50. The van der Waals surface area contributed by atoms with Crippen molar-refractivity contribution in [2.75, 3.05) is 0 Å². The fourth-order valence-electron chi connectivity index (χ4n) is 9.50. The van der Waals surface area contributed by atoms with E-state index in [4.69, 9.17) is 14.7 Å². The first-order valence-electron chi connectivity index (χ1n) is 19.3. The van der Waals surface area contributed by atoms with Crippen LogP contribution in [-0.2, 0) is 0 Å². The van der Waals surface area contributed by atoms with E-state index in [0.717, 1.165) is 61.6 Å². The van der Waals surface area contributed by atoms with Gasteiger partial charge in [0.15, 0.2) is 5.82 Å². The van der Waals surface area contributed by atoms with Crippen LogP contribution in [0.25, 0.3) is 110 Å². The van der Waals surface area contributed by atoms with Gasteiger partial charge in [-0.2, -0.15) is 0 Å². The molecule has 0 saturated heterocycles. The molecule has 1 aliphatic heterocycles. The molecular weight excluding hydrogens is 697 g/mol. The van der Waals surface area contributed by atoms with Gasteiger partial charge in [0.05, 0.1) is 38.7 Å². The second-order valence-electron chi connectivity index (χ2n) is 14.9. The molecule has 5 heteroatoms. The average Bonchev–Trinajstić information content (AvgIpc) is 3.80. The van der Waals surface area contributed by atoms with Crippen molar-refractivity contribution < 1.29 is 4.74 Å². The number of hydrogen-bond acceptors (Lipinski definition) is 3. The molecule has 1 aliphatic rings. The lowest BCUT2D eigenvalue weighted by Gasteiger charge is -2.20. The van der Waals surface area contributed by atoms with Gasteiger partial charge in [-0.3, -0.25) is 0 Å². The molecule has 13 rings (SSSR count). The van der Waals surface area contributed by atoms with Crippen molar-refractivity contribution in [2.24, 2.45) is 0 Å². The van der Waals surface area contributed by atoms with Crippen LogP contribution in [0.15, 0.2) is 182 Å². The summed E-state index contributed by atoms with van der Waals surface area (Å²) >= 11 is 0. The lowest BCUT2D eigenvalue weighted by molar-refractivity contribution is 0.486. The molecule has 0 aliphatic carbocycles. The van der Waals surface area contributed by atoms with Gasteiger partial charge in [0.25, 0.3) is 0 Å². The highest BCUT2D eigenvalue weighted by Crippen LogP contribution is 2.47. The predicted octanol–water partition coefficient (Wildman–Crippen LogP) is 13.6. The molecule has 57 heavy (non-hydrogen) atoms. The van der Waals surface area contributed by atoms with Gasteiger partial charge in [-0.1, -0.05) is 109 Å². The lowest BCUT2D eigenvalue weighted by atomic mass is 9.95. The zero-order chi connectivity index (χ0) is 37.2. The molecule has 264 valence electrons. The van der Waals surface area contributed by atoms with Crippen molar-refractivity contribution in [1.29, 1.82) is 0 Å². The van der Waals surface area contributed by atoms with Crippen LogP contribution < -0.4 is 4.74 Å². The zero-order valence-corrected chi connectivity index (χ0v) is 30.5. The van der Waals surface area contributed by atoms with Gasteiger partial charge >= 0.3 is 0 Å². The van der Waals surface area contributed by atoms with Crippen molar-refractivity contribution in [2.45, 2.75) is 0 Å². The van der Waals surface area contributed by atoms with E-state index in [-0.39, 0.29) is 0 Å². The molecule has 12 aromatic rings. The first-order valence-corrected chi connectivity index (χ1v) is 19.3. The molecule has 0 fully saturated rings. The maximum absolute atomic E-state index is 6.27. The zero-order valence-electron chi connectivity index (χ0n) is 30.5. The van der Waals surface area contributed by atoms with Crippen LogP contribution in [0.3, 0.4) is 0 Å². The van der Waals surface area contributed by atoms with Gasteiger partial charge in [-0.15, -0.1) is 0 Å². The first kappa shape index (κ1) is 30.6. The van der Waals surface area contributed by atoms with Crippen LogP contribution in [-0.4, -0.2) is 19.1 Å². The summed E-state index contributed by atoms with van der Waals surface area (Å²) < 4.78 is 11.1. The van der Waals surface area contributed by atoms with Gasteiger partial charge < -0.3 is 13.9 Å². The van der Waals surface area contributed by atoms with Gasteiger partial charge in [-0.05, 0) is 94.3 Å². The van der Waals surface area contributed by atoms with Crippen molar-refractivity contribution in [3.63, 3.8) is 0 Å². The smallest absolute Gasteiger partial charge is 0.160 e.